The first-order chi connectivity index (χ1) is 18.3. The number of hydrogen-bond acceptors (Lipinski definition) is 5. The largest absolute Gasteiger partial charge is 0.416 e. The van der Waals surface area contributed by atoms with Crippen molar-refractivity contribution in [3.63, 3.8) is 0 Å². The van der Waals surface area contributed by atoms with Crippen LogP contribution in [0, 0.1) is 17.9 Å². The van der Waals surface area contributed by atoms with Gasteiger partial charge < -0.3 is 15.9 Å². The van der Waals surface area contributed by atoms with Gasteiger partial charge in [0.1, 0.15) is 18.0 Å². The minimum atomic E-state index is -4.37. The first-order valence-corrected chi connectivity index (χ1v) is 11.3. The second-order valence-corrected chi connectivity index (χ2v) is 8.23. The number of nitriles is 1. The van der Waals surface area contributed by atoms with Gasteiger partial charge in [-0.1, -0.05) is 24.8 Å². The smallest absolute Gasteiger partial charge is 0.399 e. The maximum atomic E-state index is 12.5. The molecule has 0 saturated carbocycles. The topological polar surface area (TPSA) is 92.0 Å². The summed E-state index contributed by atoms with van der Waals surface area (Å²) in [5.74, 6) is 0.429. The Morgan fingerprint density at radius 3 is 1.92 bits per heavy atom. The summed E-state index contributed by atoms with van der Waals surface area (Å²) in [4.78, 5) is 10.7. The lowest BCUT2D eigenvalue weighted by molar-refractivity contribution is -0.138. The summed E-state index contributed by atoms with van der Waals surface area (Å²) in [5, 5.41) is 11.4. The molecule has 0 saturated heterocycles. The zero-order chi connectivity index (χ0) is 29.1. The fraction of sp³-hybridized carbons (Fsp3) is 0.0769. The zero-order valence-electron chi connectivity index (χ0n) is 19.6. The predicted molar refractivity (Wildman–Crippen MR) is 138 cm³/mol. The summed E-state index contributed by atoms with van der Waals surface area (Å²) >= 11 is 3.21. The van der Waals surface area contributed by atoms with Crippen molar-refractivity contribution in [2.75, 3.05) is 11.1 Å². The average Bonchev–Trinajstić information content (AvgIpc) is 2.90. The number of rotatable bonds is 2. The minimum Gasteiger partial charge on any atom is -0.399 e. The highest BCUT2D eigenvalue weighted by Crippen LogP contribution is 2.31. The molecule has 0 radical (unpaired) electrons. The highest BCUT2D eigenvalue weighted by molar-refractivity contribution is 9.10. The Labute approximate surface area is 227 Å². The highest BCUT2D eigenvalue weighted by atomic mass is 79.9. The Bertz CT molecular complexity index is 1440. The van der Waals surface area contributed by atoms with Crippen LogP contribution >= 0.6 is 15.9 Å². The third-order valence-corrected chi connectivity index (χ3v) is 4.87. The Kier molecular flexibility index (Phi) is 10.8. The number of benzene rings is 2. The van der Waals surface area contributed by atoms with E-state index >= 15 is 0 Å². The molecule has 0 aliphatic rings. The third kappa shape index (κ3) is 10.7. The van der Waals surface area contributed by atoms with Gasteiger partial charge in [0, 0.05) is 11.4 Å². The molecule has 2 aromatic heterocycles. The number of anilines is 3. The molecular formula is C26H17BrF6N6. The summed E-state index contributed by atoms with van der Waals surface area (Å²) in [6, 6.07) is 17.8. The number of halogens is 7. The molecule has 4 aromatic rings. The molecule has 4 rings (SSSR count). The van der Waals surface area contributed by atoms with E-state index in [1.54, 1.807) is 24.4 Å². The Morgan fingerprint density at radius 2 is 1.46 bits per heavy atom. The van der Waals surface area contributed by atoms with Crippen LogP contribution < -0.4 is 11.1 Å². The van der Waals surface area contributed by atoms with Gasteiger partial charge in [0.15, 0.2) is 0 Å². The SMILES string of the molecule is N#Cc1ccc(Nc2cccc(C(F)(F)F)c2)cn1.Nc1cccc(C(F)(F)F)c1.[C-]#[N+]c1ccc(Br)cn1. The van der Waals surface area contributed by atoms with E-state index in [1.165, 1.54) is 36.5 Å². The fourth-order valence-electron chi connectivity index (χ4n) is 2.62. The van der Waals surface area contributed by atoms with Crippen LogP contribution in [0.2, 0.25) is 0 Å². The predicted octanol–water partition coefficient (Wildman–Crippen LogP) is 8.40. The summed E-state index contributed by atoms with van der Waals surface area (Å²) < 4.78 is 74.2. The van der Waals surface area contributed by atoms with Gasteiger partial charge in [-0.25, -0.2) is 4.98 Å². The van der Waals surface area contributed by atoms with Crippen molar-refractivity contribution >= 4 is 38.8 Å². The van der Waals surface area contributed by atoms with Crippen molar-refractivity contribution < 1.29 is 26.3 Å². The van der Waals surface area contributed by atoms with Gasteiger partial charge in [-0.2, -0.15) is 31.6 Å². The standard InChI is InChI=1S/C13H8F3N3.C7H6F3N.C6H3BrN2/c14-13(15,16)9-2-1-3-10(6-9)19-12-5-4-11(7-17)18-8-12;8-7(9,10)5-2-1-3-6(11)4-5;1-8-6-3-2-5(7)4-9-6/h1-6,8,19H;1-4H,11H2;2-4H. The second-order valence-electron chi connectivity index (χ2n) is 7.32. The zero-order valence-corrected chi connectivity index (χ0v) is 21.2. The van der Waals surface area contributed by atoms with Gasteiger partial charge in [0.25, 0.3) is 5.82 Å². The van der Waals surface area contributed by atoms with E-state index in [2.05, 4.69) is 36.1 Å². The van der Waals surface area contributed by atoms with Gasteiger partial charge in [-0.3, -0.25) is 0 Å². The Morgan fingerprint density at radius 1 is 0.821 bits per heavy atom. The highest BCUT2D eigenvalue weighted by Gasteiger charge is 2.31. The van der Waals surface area contributed by atoms with E-state index < -0.39 is 23.5 Å². The summed E-state index contributed by atoms with van der Waals surface area (Å²) in [5.41, 5.74) is 4.91. The van der Waals surface area contributed by atoms with E-state index in [1.807, 2.05) is 6.07 Å². The van der Waals surface area contributed by atoms with Gasteiger partial charge in [-0.15, -0.1) is 4.98 Å². The normalized spacial score (nSPS) is 10.5. The number of nitrogens with one attached hydrogen (secondary N) is 1. The van der Waals surface area contributed by atoms with Crippen LogP contribution in [0.1, 0.15) is 16.8 Å². The molecule has 0 unspecified atom stereocenters. The molecule has 0 atom stereocenters. The van der Waals surface area contributed by atoms with Crippen LogP contribution in [0.15, 0.2) is 89.7 Å². The number of hydrogen-bond donors (Lipinski definition) is 2. The molecular weight excluding hydrogens is 590 g/mol. The van der Waals surface area contributed by atoms with Crippen molar-refractivity contribution in [1.29, 1.82) is 5.26 Å². The van der Waals surface area contributed by atoms with E-state index in [4.69, 9.17) is 17.6 Å². The van der Waals surface area contributed by atoms with Crippen LogP contribution in [-0.4, -0.2) is 9.97 Å². The van der Waals surface area contributed by atoms with E-state index in [0.29, 0.717) is 17.2 Å². The minimum absolute atomic E-state index is 0.125. The number of nitrogens with zero attached hydrogens (tertiary/aromatic N) is 4. The van der Waals surface area contributed by atoms with Crippen molar-refractivity contribution in [2.45, 2.75) is 12.4 Å². The van der Waals surface area contributed by atoms with Gasteiger partial charge in [-0.05, 0) is 70.5 Å². The molecule has 39 heavy (non-hydrogen) atoms. The summed E-state index contributed by atoms with van der Waals surface area (Å²) in [7, 11) is 0. The monoisotopic (exact) mass is 606 g/mol. The number of alkyl halides is 6. The quantitative estimate of drug-likeness (QED) is 0.136. The van der Waals surface area contributed by atoms with Crippen LogP contribution in [0.25, 0.3) is 4.85 Å². The summed E-state index contributed by atoms with van der Waals surface area (Å²) in [6.45, 7) is 6.56. The van der Waals surface area contributed by atoms with Crippen LogP contribution in [0.4, 0.5) is 49.2 Å². The lowest BCUT2D eigenvalue weighted by Gasteiger charge is -2.10. The molecule has 13 heteroatoms. The number of aromatic nitrogens is 2. The third-order valence-electron chi connectivity index (χ3n) is 4.40. The van der Waals surface area contributed by atoms with E-state index in [9.17, 15) is 26.3 Å². The van der Waals surface area contributed by atoms with Crippen molar-refractivity contribution in [3.05, 3.63) is 118 Å². The molecule has 2 heterocycles. The molecule has 0 spiro atoms. The molecule has 0 aliphatic heterocycles. The van der Waals surface area contributed by atoms with Crippen LogP contribution in [0.5, 0.6) is 0 Å². The lowest BCUT2D eigenvalue weighted by Crippen LogP contribution is -2.05. The van der Waals surface area contributed by atoms with Crippen LogP contribution in [0.3, 0.4) is 0 Å². The lowest BCUT2D eigenvalue weighted by atomic mass is 10.2. The first kappa shape index (κ1) is 30.6. The average molecular weight is 607 g/mol. The molecule has 200 valence electrons. The molecule has 0 bridgehead atoms. The van der Waals surface area contributed by atoms with Crippen LogP contribution in [-0.2, 0) is 12.4 Å². The molecule has 6 nitrogen and oxygen atoms in total. The maximum absolute atomic E-state index is 12.5. The van der Waals surface area contributed by atoms with Gasteiger partial charge in [0.2, 0.25) is 0 Å². The van der Waals surface area contributed by atoms with E-state index in [-0.39, 0.29) is 11.4 Å². The first-order valence-electron chi connectivity index (χ1n) is 10.5. The number of nitrogen functional groups attached to an aromatic ring is 1. The second kappa shape index (κ2) is 13.8. The molecule has 0 amide bonds. The number of nitrogens with two attached hydrogens (primary N) is 1. The molecule has 2 aromatic carbocycles. The van der Waals surface area contributed by atoms with Crippen molar-refractivity contribution in [2.24, 2.45) is 0 Å². The Hall–Kier alpha value is -4.62. The molecule has 3 N–H and O–H groups in total. The van der Waals surface area contributed by atoms with E-state index in [0.717, 1.165) is 28.7 Å². The maximum Gasteiger partial charge on any atom is 0.416 e. The van der Waals surface area contributed by atoms with Gasteiger partial charge >= 0.3 is 12.4 Å². The molecule has 0 fully saturated rings. The number of pyridine rings is 2. The fourth-order valence-corrected chi connectivity index (χ4v) is 2.86. The summed E-state index contributed by atoms with van der Waals surface area (Å²) in [6.07, 6.45) is -5.68. The van der Waals surface area contributed by atoms with Gasteiger partial charge in [0.05, 0.1) is 27.5 Å². The molecule has 0 aliphatic carbocycles. The Balaban J connectivity index is 0.000000226. The van der Waals surface area contributed by atoms with Crippen molar-refractivity contribution in [3.8, 4) is 6.07 Å². The van der Waals surface area contributed by atoms with Crippen molar-refractivity contribution in [1.82, 2.24) is 9.97 Å².